The van der Waals surface area contributed by atoms with E-state index in [0.717, 1.165) is 35.0 Å². The molecule has 1 aliphatic carbocycles. The molecule has 1 aliphatic heterocycles. The van der Waals surface area contributed by atoms with Crippen LogP contribution in [0.25, 0.3) is 5.57 Å². The lowest BCUT2D eigenvalue weighted by atomic mass is 9.91. The van der Waals surface area contributed by atoms with Crippen LogP contribution in [0.1, 0.15) is 43.9 Å². The molecular weight excluding hydrogens is 670 g/mol. The molecule has 10 nitrogen and oxygen atoms in total. The highest BCUT2D eigenvalue weighted by atomic mass is 32.2. The van der Waals surface area contributed by atoms with Gasteiger partial charge in [-0.2, -0.15) is 21.6 Å². The van der Waals surface area contributed by atoms with Crippen LogP contribution >= 0.6 is 11.8 Å². The second kappa shape index (κ2) is 15.8. The van der Waals surface area contributed by atoms with E-state index >= 15 is 0 Å². The molecule has 1 unspecified atom stereocenters. The number of nitrogens with zero attached hydrogens (tertiary/aromatic N) is 1. The fraction of sp³-hybridized carbons (Fsp3) is 0.424. The van der Waals surface area contributed by atoms with E-state index in [4.69, 9.17) is 5.11 Å². The maximum absolute atomic E-state index is 14.0. The Bertz CT molecular complexity index is 1700. The molecule has 0 aromatic heterocycles. The van der Waals surface area contributed by atoms with Gasteiger partial charge in [0, 0.05) is 29.2 Å². The Morgan fingerprint density at radius 1 is 1.15 bits per heavy atom. The Morgan fingerprint density at radius 2 is 1.85 bits per heavy atom. The van der Waals surface area contributed by atoms with Gasteiger partial charge in [-0.15, -0.1) is 11.8 Å². The van der Waals surface area contributed by atoms with Crippen molar-refractivity contribution in [3.8, 4) is 0 Å². The number of hydrogen-bond acceptors (Lipinski definition) is 9. The third kappa shape index (κ3) is 9.36. The van der Waals surface area contributed by atoms with E-state index in [0.29, 0.717) is 12.1 Å². The first-order chi connectivity index (χ1) is 22.6. The van der Waals surface area contributed by atoms with Gasteiger partial charge in [0.1, 0.15) is 6.04 Å². The molecule has 1 heterocycles. The molecule has 0 fully saturated rings. The van der Waals surface area contributed by atoms with Crippen molar-refractivity contribution in [2.45, 2.75) is 68.5 Å². The Balaban J connectivity index is 1.60. The number of carbonyl (C=O) groups excluding carboxylic acids is 2. The topological polar surface area (TPSA) is 148 Å². The number of allylic oxidation sites excluding steroid dienone is 2. The lowest BCUT2D eigenvalue weighted by Gasteiger charge is -2.29. The van der Waals surface area contributed by atoms with Crippen molar-refractivity contribution in [1.82, 2.24) is 16.0 Å². The normalized spacial score (nSPS) is 19.0. The highest BCUT2D eigenvalue weighted by Gasteiger charge is 2.36. The summed E-state index contributed by atoms with van der Waals surface area (Å²) in [6.07, 6.45) is -0.670. The smallest absolute Gasteiger partial charge is 0.394 e. The molecule has 0 radical (unpaired) electrons. The van der Waals surface area contributed by atoms with Gasteiger partial charge in [0.05, 0.1) is 41.4 Å². The maximum Gasteiger partial charge on any atom is 0.416 e. The van der Waals surface area contributed by atoms with E-state index in [9.17, 15) is 36.3 Å². The number of amides is 2. The summed E-state index contributed by atoms with van der Waals surface area (Å²) >= 11 is 1.04. The minimum atomic E-state index is -4.59. The van der Waals surface area contributed by atoms with E-state index in [1.54, 1.807) is 44.2 Å². The Morgan fingerprint density at radius 3 is 2.48 bits per heavy atom. The zero-order valence-electron chi connectivity index (χ0n) is 26.7. The number of aliphatic hydroxyl groups is 2. The van der Waals surface area contributed by atoms with Crippen LogP contribution in [0.5, 0.6) is 0 Å². The van der Waals surface area contributed by atoms with Gasteiger partial charge in [0.25, 0.3) is 5.91 Å². The van der Waals surface area contributed by atoms with Crippen LogP contribution in [-0.4, -0.2) is 84.5 Å². The molecule has 0 bridgehead atoms. The zero-order chi connectivity index (χ0) is 35.2. The first kappa shape index (κ1) is 37.4. The van der Waals surface area contributed by atoms with Crippen molar-refractivity contribution in [3.05, 3.63) is 77.4 Å². The van der Waals surface area contributed by atoms with Crippen molar-refractivity contribution in [2.75, 3.05) is 30.3 Å². The van der Waals surface area contributed by atoms with E-state index in [-0.39, 0.29) is 40.7 Å². The number of fused-ring (bicyclic) bond motifs is 1. The van der Waals surface area contributed by atoms with Gasteiger partial charge in [-0.3, -0.25) is 9.59 Å². The molecule has 0 saturated heterocycles. The van der Waals surface area contributed by atoms with Crippen LogP contribution in [0.15, 0.2) is 65.6 Å². The van der Waals surface area contributed by atoms with E-state index in [2.05, 4.69) is 16.0 Å². The number of anilines is 1. The van der Waals surface area contributed by atoms with Gasteiger partial charge >= 0.3 is 6.18 Å². The van der Waals surface area contributed by atoms with E-state index < -0.39 is 64.2 Å². The molecule has 15 heteroatoms. The number of likely N-dealkylation sites (N-methyl/N-ethyl adjacent to an activating group) is 1. The summed E-state index contributed by atoms with van der Waals surface area (Å²) in [6.45, 7) is 5.43. The monoisotopic (exact) mass is 708 g/mol. The van der Waals surface area contributed by atoms with Gasteiger partial charge in [-0.05, 0) is 61.4 Å². The maximum atomic E-state index is 14.0. The molecule has 2 aromatic rings. The summed E-state index contributed by atoms with van der Waals surface area (Å²) in [6, 6.07) is 8.72. The molecule has 48 heavy (non-hydrogen) atoms. The van der Waals surface area contributed by atoms with Gasteiger partial charge in [0.2, 0.25) is 16.2 Å². The number of rotatable bonds is 12. The number of β-amino-alcohol motifs (C(OH)–C–C–N with tert-alkyl or cyclic N) is 1. The molecule has 0 saturated carbocycles. The number of aliphatic hydroxyl groups excluding tert-OH is 2. The van der Waals surface area contributed by atoms with Crippen molar-refractivity contribution in [1.29, 1.82) is 0 Å². The number of halogens is 3. The highest BCUT2D eigenvalue weighted by Crippen LogP contribution is 2.40. The third-order valence-electron chi connectivity index (χ3n) is 7.87. The van der Waals surface area contributed by atoms with E-state index in [1.165, 1.54) is 17.0 Å². The standard InChI is InChI=1S/C33H39F3N4O6S2/c1-4-37-30-24(6-5-7-28(30)48(45)46)21-10-8-20(9-11-21)17-40-26-13-12-22(33(34,35)36)14-27(26)47-19-25(31(40)44)39-29(43)15-32(2,3)38-16-23(42)18-41/h5-14,23,25,30,37-38,41-42H,4,15-19H2,1-3H3,(H,39,43)/t23-,25+,30?/m0/s1. The highest BCUT2D eigenvalue weighted by molar-refractivity contribution is 7.99. The zero-order valence-corrected chi connectivity index (χ0v) is 28.3. The lowest BCUT2D eigenvalue weighted by Crippen LogP contribution is -2.52. The van der Waals surface area contributed by atoms with Gasteiger partial charge in [-0.1, -0.05) is 43.3 Å². The second-order valence-corrected chi connectivity index (χ2v) is 14.1. The fourth-order valence-corrected chi connectivity index (χ4v) is 7.12. The minimum Gasteiger partial charge on any atom is -0.394 e. The van der Waals surface area contributed by atoms with Crippen LogP contribution in [-0.2, 0) is 32.6 Å². The average Bonchev–Trinajstić information content (AvgIpc) is 3.15. The molecule has 2 aromatic carbocycles. The lowest BCUT2D eigenvalue weighted by molar-refractivity contribution is -0.137. The molecule has 260 valence electrons. The molecular formula is C33H39F3N4O6S2. The Labute approximate surface area is 283 Å². The summed E-state index contributed by atoms with van der Waals surface area (Å²) in [4.78, 5) is 28.9. The first-order valence-corrected chi connectivity index (χ1v) is 17.4. The molecule has 4 rings (SSSR count). The SMILES string of the molecule is CCNC1C(c2ccc(CN3C(=O)[C@H](NC(=O)CC(C)(C)NC[C@H](O)CO)CSc4cc(C(F)(F)F)ccc43)cc2)=CC=CC1=S(=O)=O. The summed E-state index contributed by atoms with van der Waals surface area (Å²) < 4.78 is 64.6. The average molecular weight is 709 g/mol. The molecule has 2 amide bonds. The first-order valence-electron chi connectivity index (χ1n) is 15.3. The number of thioether (sulfide) groups is 1. The van der Waals surface area contributed by atoms with Crippen LogP contribution < -0.4 is 20.9 Å². The van der Waals surface area contributed by atoms with Crippen molar-refractivity contribution in [2.24, 2.45) is 0 Å². The van der Waals surface area contributed by atoms with Crippen LogP contribution in [0.4, 0.5) is 18.9 Å². The molecule has 5 N–H and O–H groups in total. The molecule has 2 aliphatic rings. The third-order valence-corrected chi connectivity index (χ3v) is 9.77. The Hall–Kier alpha value is -3.47. The van der Waals surface area contributed by atoms with Crippen molar-refractivity contribution in [3.63, 3.8) is 0 Å². The van der Waals surface area contributed by atoms with Crippen molar-refractivity contribution < 1.29 is 41.4 Å². The number of nitrogens with one attached hydrogen (secondary N) is 3. The summed E-state index contributed by atoms with van der Waals surface area (Å²) in [5.41, 5.74) is 0.769. The van der Waals surface area contributed by atoms with E-state index in [1.807, 2.05) is 13.0 Å². The summed E-state index contributed by atoms with van der Waals surface area (Å²) in [5, 5.41) is 27.7. The fourth-order valence-electron chi connectivity index (χ4n) is 5.42. The van der Waals surface area contributed by atoms with Crippen LogP contribution in [0.2, 0.25) is 0 Å². The summed E-state index contributed by atoms with van der Waals surface area (Å²) in [5.74, 6) is -0.973. The summed E-state index contributed by atoms with van der Waals surface area (Å²) in [7, 11) is -2.43. The van der Waals surface area contributed by atoms with Crippen molar-refractivity contribution >= 4 is 50.0 Å². The number of carbonyl (C=O) groups is 2. The Kier molecular flexibility index (Phi) is 12.3. The quantitative estimate of drug-likeness (QED) is 0.210. The molecule has 3 atom stereocenters. The second-order valence-electron chi connectivity index (χ2n) is 12.1. The van der Waals surface area contributed by atoms with Crippen LogP contribution in [0.3, 0.4) is 0 Å². The van der Waals surface area contributed by atoms with Gasteiger partial charge < -0.3 is 31.1 Å². The van der Waals surface area contributed by atoms with Gasteiger partial charge in [0.15, 0.2) is 0 Å². The van der Waals surface area contributed by atoms with Gasteiger partial charge in [-0.25, -0.2) is 0 Å². The largest absolute Gasteiger partial charge is 0.416 e. The minimum absolute atomic E-state index is 0.00118. The predicted molar refractivity (Wildman–Crippen MR) is 180 cm³/mol. The van der Waals surface area contributed by atoms with Crippen LogP contribution in [0, 0.1) is 0 Å². The number of benzene rings is 2. The molecule has 0 spiro atoms. The predicted octanol–water partition coefficient (Wildman–Crippen LogP) is 2.92. The number of hydrogen-bond donors (Lipinski definition) is 5. The number of alkyl halides is 3.